The van der Waals surface area contributed by atoms with Crippen molar-refractivity contribution < 1.29 is 32.6 Å². The van der Waals surface area contributed by atoms with Gasteiger partial charge in [-0.15, -0.1) is 0 Å². The summed E-state index contributed by atoms with van der Waals surface area (Å²) in [5.74, 6) is -8.16. The molecule has 0 bridgehead atoms. The molecule has 24 heavy (non-hydrogen) atoms. The quantitative estimate of drug-likeness (QED) is 0.450. The van der Waals surface area contributed by atoms with Crippen molar-refractivity contribution in [2.45, 2.75) is 12.8 Å². The molecule has 0 saturated carbocycles. The third-order valence-electron chi connectivity index (χ3n) is 3.36. The van der Waals surface area contributed by atoms with Gasteiger partial charge in [-0.2, -0.15) is 8.78 Å². The standard InChI is InChI=1S/C15H16F2N2O5/c1-2-24-13(21)11-4-3-10(9-18-11)12(20)15(16,17)14(22)19-5-7-23-8-6-19/h3-4,9H,2,5-8H2,1H3. The SMILES string of the molecule is CCOC(=O)c1ccc(C(=O)C(F)(F)C(=O)N2CCOCC2)cn1. The maximum atomic E-state index is 14.2. The van der Waals surface area contributed by atoms with Crippen LogP contribution in [-0.4, -0.2) is 66.4 Å². The number of ketones is 1. The molecular weight excluding hydrogens is 326 g/mol. The van der Waals surface area contributed by atoms with Crippen LogP contribution in [0.2, 0.25) is 0 Å². The van der Waals surface area contributed by atoms with Gasteiger partial charge in [-0.05, 0) is 19.1 Å². The molecule has 0 aliphatic carbocycles. The highest BCUT2D eigenvalue weighted by Gasteiger charge is 2.50. The number of ether oxygens (including phenoxy) is 2. The minimum Gasteiger partial charge on any atom is -0.461 e. The van der Waals surface area contributed by atoms with E-state index >= 15 is 0 Å². The van der Waals surface area contributed by atoms with E-state index in [2.05, 4.69) is 4.98 Å². The van der Waals surface area contributed by atoms with Crippen LogP contribution in [0.5, 0.6) is 0 Å². The zero-order chi connectivity index (χ0) is 17.7. The highest BCUT2D eigenvalue weighted by molar-refractivity contribution is 6.15. The average molecular weight is 342 g/mol. The van der Waals surface area contributed by atoms with Gasteiger partial charge in [0, 0.05) is 24.8 Å². The van der Waals surface area contributed by atoms with Gasteiger partial charge >= 0.3 is 17.8 Å². The topological polar surface area (TPSA) is 85.8 Å². The Morgan fingerprint density at radius 1 is 1.29 bits per heavy atom. The molecule has 2 rings (SSSR count). The maximum Gasteiger partial charge on any atom is 0.386 e. The number of esters is 1. The fourth-order valence-electron chi connectivity index (χ4n) is 2.10. The lowest BCUT2D eigenvalue weighted by Gasteiger charge is -2.29. The summed E-state index contributed by atoms with van der Waals surface area (Å²) < 4.78 is 38.0. The predicted molar refractivity (Wildman–Crippen MR) is 76.9 cm³/mol. The van der Waals surface area contributed by atoms with Gasteiger partial charge in [0.15, 0.2) is 0 Å². The van der Waals surface area contributed by atoms with E-state index in [1.807, 2.05) is 0 Å². The van der Waals surface area contributed by atoms with Crippen LogP contribution >= 0.6 is 0 Å². The van der Waals surface area contributed by atoms with Crippen molar-refractivity contribution in [1.82, 2.24) is 9.88 Å². The van der Waals surface area contributed by atoms with Crippen molar-refractivity contribution in [3.63, 3.8) is 0 Å². The Labute approximate surface area is 136 Å². The highest BCUT2D eigenvalue weighted by Crippen LogP contribution is 2.23. The summed E-state index contributed by atoms with van der Waals surface area (Å²) in [5.41, 5.74) is -0.578. The molecule has 1 saturated heterocycles. The molecule has 0 N–H and O–H groups in total. The van der Waals surface area contributed by atoms with E-state index in [1.165, 1.54) is 0 Å². The molecule has 0 unspecified atom stereocenters. The second-order valence-corrected chi connectivity index (χ2v) is 4.96. The van der Waals surface area contributed by atoms with Crippen LogP contribution in [0, 0.1) is 0 Å². The van der Waals surface area contributed by atoms with E-state index in [0.29, 0.717) is 0 Å². The molecule has 1 fully saturated rings. The van der Waals surface area contributed by atoms with E-state index in [1.54, 1.807) is 6.92 Å². The molecule has 1 amide bonds. The summed E-state index contributed by atoms with van der Waals surface area (Å²) in [6.45, 7) is 2.03. The van der Waals surface area contributed by atoms with Crippen LogP contribution in [0.3, 0.4) is 0 Å². The molecule has 0 radical (unpaired) electrons. The minimum absolute atomic E-state index is 0.00174. The number of pyridine rings is 1. The second-order valence-electron chi connectivity index (χ2n) is 4.96. The first-order valence-corrected chi connectivity index (χ1v) is 7.30. The van der Waals surface area contributed by atoms with E-state index < -0.39 is 29.1 Å². The van der Waals surface area contributed by atoms with Gasteiger partial charge < -0.3 is 14.4 Å². The molecule has 1 aromatic heterocycles. The molecule has 130 valence electrons. The van der Waals surface area contributed by atoms with Crippen molar-refractivity contribution in [2.24, 2.45) is 0 Å². The van der Waals surface area contributed by atoms with Crippen LogP contribution in [0.4, 0.5) is 8.78 Å². The summed E-state index contributed by atoms with van der Waals surface area (Å²) in [5, 5.41) is 0. The van der Waals surface area contributed by atoms with Crippen molar-refractivity contribution in [1.29, 1.82) is 0 Å². The summed E-state index contributed by atoms with van der Waals surface area (Å²) in [6.07, 6.45) is 0.828. The van der Waals surface area contributed by atoms with Gasteiger partial charge in [0.05, 0.1) is 19.8 Å². The Kier molecular flexibility index (Phi) is 5.55. The van der Waals surface area contributed by atoms with Crippen LogP contribution in [0.1, 0.15) is 27.8 Å². The van der Waals surface area contributed by atoms with Gasteiger partial charge in [-0.1, -0.05) is 0 Å². The first kappa shape index (κ1) is 17.9. The number of halogens is 2. The number of rotatable bonds is 5. The third kappa shape index (κ3) is 3.73. The number of amides is 1. The van der Waals surface area contributed by atoms with Gasteiger partial charge in [0.1, 0.15) is 5.69 Å². The van der Waals surface area contributed by atoms with Crippen LogP contribution in [-0.2, 0) is 14.3 Å². The smallest absolute Gasteiger partial charge is 0.386 e. The van der Waals surface area contributed by atoms with Gasteiger partial charge in [0.2, 0.25) is 5.78 Å². The third-order valence-corrected chi connectivity index (χ3v) is 3.36. The number of carbonyl (C=O) groups excluding carboxylic acids is 3. The summed E-state index contributed by atoms with van der Waals surface area (Å²) >= 11 is 0. The Hall–Kier alpha value is -2.42. The Bertz CT molecular complexity index is 627. The van der Waals surface area contributed by atoms with Crippen LogP contribution < -0.4 is 0 Å². The largest absolute Gasteiger partial charge is 0.461 e. The Balaban J connectivity index is 2.14. The van der Waals surface area contributed by atoms with Gasteiger partial charge in [-0.25, -0.2) is 9.78 Å². The lowest BCUT2D eigenvalue weighted by Crippen LogP contribution is -2.52. The first-order chi connectivity index (χ1) is 11.4. The molecule has 0 spiro atoms. The van der Waals surface area contributed by atoms with Crippen molar-refractivity contribution in [3.8, 4) is 0 Å². The van der Waals surface area contributed by atoms with Gasteiger partial charge in [0.25, 0.3) is 0 Å². The van der Waals surface area contributed by atoms with E-state index in [0.717, 1.165) is 23.2 Å². The van der Waals surface area contributed by atoms with Crippen molar-refractivity contribution in [3.05, 3.63) is 29.6 Å². The number of alkyl halides is 2. The molecule has 0 atom stereocenters. The molecule has 1 aliphatic rings. The maximum absolute atomic E-state index is 14.2. The molecule has 1 aliphatic heterocycles. The Morgan fingerprint density at radius 3 is 2.50 bits per heavy atom. The minimum atomic E-state index is -4.20. The van der Waals surface area contributed by atoms with E-state index in [4.69, 9.17) is 9.47 Å². The normalized spacial score (nSPS) is 15.0. The first-order valence-electron chi connectivity index (χ1n) is 7.30. The molecule has 1 aromatic rings. The molecule has 7 nitrogen and oxygen atoms in total. The van der Waals surface area contributed by atoms with Crippen molar-refractivity contribution in [2.75, 3.05) is 32.9 Å². The van der Waals surface area contributed by atoms with Crippen LogP contribution in [0.15, 0.2) is 18.3 Å². The molecule has 9 heteroatoms. The molecule has 0 aromatic carbocycles. The number of morpholine rings is 1. The fourth-order valence-corrected chi connectivity index (χ4v) is 2.10. The van der Waals surface area contributed by atoms with Crippen molar-refractivity contribution >= 4 is 17.7 Å². The Morgan fingerprint density at radius 2 is 1.96 bits per heavy atom. The summed E-state index contributed by atoms with van der Waals surface area (Å²) in [4.78, 5) is 39.8. The monoisotopic (exact) mass is 342 g/mol. The zero-order valence-electron chi connectivity index (χ0n) is 13.0. The molecule has 2 heterocycles. The van der Waals surface area contributed by atoms with E-state index in [9.17, 15) is 23.2 Å². The number of nitrogens with zero attached hydrogens (tertiary/aromatic N) is 2. The number of hydrogen-bond donors (Lipinski definition) is 0. The number of aromatic nitrogens is 1. The lowest BCUT2D eigenvalue weighted by atomic mass is 10.1. The van der Waals surface area contributed by atoms with Gasteiger partial charge in [-0.3, -0.25) is 9.59 Å². The lowest BCUT2D eigenvalue weighted by molar-refractivity contribution is -0.154. The van der Waals surface area contributed by atoms with E-state index in [-0.39, 0.29) is 38.6 Å². The highest BCUT2D eigenvalue weighted by atomic mass is 19.3. The van der Waals surface area contributed by atoms with Crippen LogP contribution in [0.25, 0.3) is 0 Å². The summed E-state index contributed by atoms with van der Waals surface area (Å²) in [6, 6.07) is 2.11. The zero-order valence-corrected chi connectivity index (χ0v) is 13.0. The fraction of sp³-hybridized carbons (Fsp3) is 0.467. The number of carbonyl (C=O) groups is 3. The summed E-state index contributed by atoms with van der Waals surface area (Å²) in [7, 11) is 0. The predicted octanol–water partition coefficient (Wildman–Crippen LogP) is 0.935. The number of hydrogen-bond acceptors (Lipinski definition) is 6. The average Bonchev–Trinajstić information content (AvgIpc) is 2.61. The second kappa shape index (κ2) is 7.43. The molecular formula is C15H16F2N2O5. The number of Topliss-reactive ketones (excluding diaryl/α,β-unsaturated/α-hetero) is 1.